The first-order valence-corrected chi connectivity index (χ1v) is 9.82. The molecule has 2 amide bonds. The Labute approximate surface area is 186 Å². The van der Waals surface area contributed by atoms with E-state index in [2.05, 4.69) is 31.2 Å². The molecule has 0 fully saturated rings. The van der Waals surface area contributed by atoms with Gasteiger partial charge in [-0.15, -0.1) is 0 Å². The summed E-state index contributed by atoms with van der Waals surface area (Å²) in [6.45, 7) is 1.88. The van der Waals surface area contributed by atoms with Crippen LogP contribution in [0.5, 0.6) is 0 Å². The fraction of sp³-hybridized carbons (Fsp3) is 0.100. The first-order valence-electron chi connectivity index (χ1n) is 9.06. The largest absolute Gasteiger partial charge is 0.337 e. The summed E-state index contributed by atoms with van der Waals surface area (Å²) in [6.07, 6.45) is 0. The number of aryl methyl sites for hydroxylation is 2. The smallest absolute Gasteiger partial charge is 0.306 e. The molecule has 4 rings (SSSR count). The van der Waals surface area contributed by atoms with Crippen molar-refractivity contribution in [1.82, 2.24) is 25.2 Å². The lowest BCUT2D eigenvalue weighted by molar-refractivity contribution is 0.254. The second kappa shape index (κ2) is 8.37. The van der Waals surface area contributed by atoms with E-state index in [1.807, 2.05) is 6.92 Å². The van der Waals surface area contributed by atoms with Gasteiger partial charge in [0.1, 0.15) is 21.9 Å². The third-order valence-electron chi connectivity index (χ3n) is 4.45. The predicted octanol–water partition coefficient (Wildman–Crippen LogP) is 4.93. The molecule has 8 nitrogen and oxygen atoms in total. The number of hydrogen-bond acceptors (Lipinski definition) is 5. The molecule has 0 radical (unpaired) electrons. The molecule has 4 aromatic rings. The summed E-state index contributed by atoms with van der Waals surface area (Å²) in [5.74, 6) is 0.0423. The molecule has 0 unspecified atom stereocenters. The molecule has 3 N–H and O–H groups in total. The first kappa shape index (κ1) is 20.8. The lowest BCUT2D eigenvalue weighted by Gasteiger charge is -2.12. The number of aromatic nitrogens is 4. The second-order valence-electron chi connectivity index (χ2n) is 6.67. The minimum Gasteiger partial charge on any atom is -0.306 e. The van der Waals surface area contributed by atoms with Crippen LogP contribution in [0.2, 0.25) is 10.3 Å². The van der Waals surface area contributed by atoms with Crippen LogP contribution in [-0.4, -0.2) is 25.8 Å². The molecule has 0 atom stereocenters. The number of nitrogens with one attached hydrogen (secondary N) is 3. The van der Waals surface area contributed by atoms with Crippen LogP contribution in [0.1, 0.15) is 5.69 Å². The Morgan fingerprint density at radius 2 is 1.74 bits per heavy atom. The van der Waals surface area contributed by atoms with E-state index in [1.54, 1.807) is 29.9 Å². The highest BCUT2D eigenvalue weighted by molar-refractivity contribution is 6.33. The van der Waals surface area contributed by atoms with Crippen LogP contribution in [0.15, 0.2) is 42.5 Å². The predicted molar refractivity (Wildman–Crippen MR) is 119 cm³/mol. The Morgan fingerprint density at radius 3 is 2.42 bits per heavy atom. The van der Waals surface area contributed by atoms with Crippen LogP contribution >= 0.6 is 23.2 Å². The molecule has 0 spiro atoms. The Bertz CT molecular complexity index is 1270. The Kier molecular flexibility index (Phi) is 5.62. The summed E-state index contributed by atoms with van der Waals surface area (Å²) in [6, 6.07) is 10.2. The quantitative estimate of drug-likeness (QED) is 0.296. The second-order valence-corrected chi connectivity index (χ2v) is 7.45. The Hall–Kier alpha value is -3.43. The van der Waals surface area contributed by atoms with Gasteiger partial charge in [0.05, 0.1) is 5.69 Å². The third kappa shape index (κ3) is 4.52. The number of amides is 2. The van der Waals surface area contributed by atoms with Crippen molar-refractivity contribution in [3.8, 4) is 11.1 Å². The third-order valence-corrected chi connectivity index (χ3v) is 4.84. The number of anilines is 2. The monoisotopic (exact) mass is 459 g/mol. The number of nitrogens with zero attached hydrogens (tertiary/aromatic N) is 4. The number of benzene rings is 1. The molecule has 31 heavy (non-hydrogen) atoms. The molecule has 158 valence electrons. The molecular formula is C20H16Cl2FN7O. The zero-order valence-electron chi connectivity index (χ0n) is 16.4. The van der Waals surface area contributed by atoms with Crippen LogP contribution in [-0.2, 0) is 7.05 Å². The zero-order valence-corrected chi connectivity index (χ0v) is 17.9. The van der Waals surface area contributed by atoms with Crippen LogP contribution in [0.4, 0.5) is 20.7 Å². The Morgan fingerprint density at radius 1 is 1.06 bits per heavy atom. The maximum Gasteiger partial charge on any atom is 0.337 e. The molecule has 0 bridgehead atoms. The van der Waals surface area contributed by atoms with Crippen molar-refractivity contribution in [3.63, 3.8) is 0 Å². The fourth-order valence-corrected chi connectivity index (χ4v) is 3.65. The highest BCUT2D eigenvalue weighted by Crippen LogP contribution is 2.32. The molecule has 11 heteroatoms. The zero-order chi connectivity index (χ0) is 22.1. The standard InChI is InChI=1S/C20H16Cl2FN7O/c1-10-18-14(11-3-5-12(23)6-4-11)9-17(26-19(18)30(2)29-10)27-28-20(31)24-13-7-15(21)25-16(22)8-13/h3-9H,1-2H3,(H,26,27)(H2,24,25,28,31). The lowest BCUT2D eigenvalue weighted by atomic mass is 10.0. The molecule has 3 heterocycles. The first-order chi connectivity index (χ1) is 14.8. The van der Waals surface area contributed by atoms with E-state index < -0.39 is 6.03 Å². The molecule has 0 saturated heterocycles. The van der Waals surface area contributed by atoms with Crippen molar-refractivity contribution in [2.24, 2.45) is 7.05 Å². The van der Waals surface area contributed by atoms with Crippen molar-refractivity contribution in [2.75, 3.05) is 10.7 Å². The van der Waals surface area contributed by atoms with E-state index in [0.29, 0.717) is 17.2 Å². The summed E-state index contributed by atoms with van der Waals surface area (Å²) in [5.41, 5.74) is 8.64. The van der Waals surface area contributed by atoms with E-state index in [4.69, 9.17) is 23.2 Å². The van der Waals surface area contributed by atoms with Crippen LogP contribution in [0.3, 0.4) is 0 Å². The van der Waals surface area contributed by atoms with Gasteiger partial charge in [0.25, 0.3) is 0 Å². The molecule has 0 saturated carbocycles. The summed E-state index contributed by atoms with van der Waals surface area (Å²) < 4.78 is 15.0. The normalized spacial score (nSPS) is 10.9. The number of rotatable bonds is 4. The molecule has 0 aliphatic carbocycles. The molecule has 0 aliphatic rings. The Balaban J connectivity index is 1.61. The number of hydrogen-bond donors (Lipinski definition) is 3. The van der Waals surface area contributed by atoms with E-state index in [0.717, 1.165) is 22.2 Å². The number of hydrazine groups is 1. The van der Waals surface area contributed by atoms with Gasteiger partial charge in [0.2, 0.25) is 0 Å². The van der Waals surface area contributed by atoms with Gasteiger partial charge < -0.3 is 5.32 Å². The van der Waals surface area contributed by atoms with Gasteiger partial charge in [-0.1, -0.05) is 35.3 Å². The van der Waals surface area contributed by atoms with Crippen LogP contribution < -0.4 is 16.2 Å². The van der Waals surface area contributed by atoms with E-state index >= 15 is 0 Å². The van der Waals surface area contributed by atoms with Crippen molar-refractivity contribution in [1.29, 1.82) is 0 Å². The van der Waals surface area contributed by atoms with Gasteiger partial charge in [-0.2, -0.15) is 5.10 Å². The minimum absolute atomic E-state index is 0.151. The minimum atomic E-state index is -0.565. The maximum atomic E-state index is 13.4. The van der Waals surface area contributed by atoms with Crippen molar-refractivity contribution in [2.45, 2.75) is 6.92 Å². The number of carbonyl (C=O) groups is 1. The van der Waals surface area contributed by atoms with Crippen molar-refractivity contribution in [3.05, 3.63) is 64.3 Å². The summed E-state index contributed by atoms with van der Waals surface area (Å²) in [7, 11) is 1.78. The highest BCUT2D eigenvalue weighted by atomic mass is 35.5. The topological polar surface area (TPSA) is 96.8 Å². The summed E-state index contributed by atoms with van der Waals surface area (Å²) in [5, 5.41) is 8.16. The molecule has 3 aromatic heterocycles. The average molecular weight is 460 g/mol. The van der Waals surface area contributed by atoms with Crippen LogP contribution in [0, 0.1) is 12.7 Å². The SMILES string of the molecule is Cc1nn(C)c2nc(NNC(=O)Nc3cc(Cl)nc(Cl)c3)cc(-c3ccc(F)cc3)c12. The molecular weight excluding hydrogens is 444 g/mol. The number of pyridine rings is 2. The lowest BCUT2D eigenvalue weighted by Crippen LogP contribution is -2.34. The van der Waals surface area contributed by atoms with E-state index in [1.165, 1.54) is 24.3 Å². The van der Waals surface area contributed by atoms with Gasteiger partial charge in [-0.3, -0.25) is 15.5 Å². The number of urea groups is 1. The van der Waals surface area contributed by atoms with E-state index in [9.17, 15) is 9.18 Å². The maximum absolute atomic E-state index is 13.4. The van der Waals surface area contributed by atoms with Gasteiger partial charge in [0, 0.05) is 18.1 Å². The van der Waals surface area contributed by atoms with Gasteiger partial charge in [0.15, 0.2) is 5.65 Å². The number of halogens is 3. The average Bonchev–Trinajstić information content (AvgIpc) is 2.99. The highest BCUT2D eigenvalue weighted by Gasteiger charge is 2.15. The van der Waals surface area contributed by atoms with Crippen molar-refractivity contribution < 1.29 is 9.18 Å². The molecule has 0 aliphatic heterocycles. The summed E-state index contributed by atoms with van der Waals surface area (Å²) >= 11 is 11.7. The summed E-state index contributed by atoms with van der Waals surface area (Å²) in [4.78, 5) is 20.6. The van der Waals surface area contributed by atoms with Gasteiger partial charge in [-0.05, 0) is 48.4 Å². The van der Waals surface area contributed by atoms with Crippen LogP contribution in [0.25, 0.3) is 22.2 Å². The van der Waals surface area contributed by atoms with Gasteiger partial charge in [-0.25, -0.2) is 19.2 Å². The molecule has 1 aromatic carbocycles. The van der Waals surface area contributed by atoms with Gasteiger partial charge >= 0.3 is 6.03 Å². The van der Waals surface area contributed by atoms with Crippen molar-refractivity contribution >= 4 is 51.8 Å². The fourth-order valence-electron chi connectivity index (χ4n) is 3.19. The van der Waals surface area contributed by atoms with E-state index in [-0.39, 0.29) is 16.1 Å². The number of fused-ring (bicyclic) bond motifs is 1. The number of carbonyl (C=O) groups excluding carboxylic acids is 1.